The van der Waals surface area contributed by atoms with E-state index in [-0.39, 0.29) is 5.56 Å². The molecule has 0 bridgehead atoms. The summed E-state index contributed by atoms with van der Waals surface area (Å²) >= 11 is 0. The number of methoxy groups -OCH3 is 2. The van der Waals surface area contributed by atoms with Crippen molar-refractivity contribution in [3.05, 3.63) is 51.8 Å². The van der Waals surface area contributed by atoms with E-state index in [0.717, 1.165) is 11.3 Å². The normalized spacial score (nSPS) is 10.7. The highest BCUT2D eigenvalue weighted by Gasteiger charge is 2.17. The fraction of sp³-hybridized carbons (Fsp3) is 0.286. The lowest BCUT2D eigenvalue weighted by molar-refractivity contribution is 0.354. The number of nitrogens with zero attached hydrogens (tertiary/aromatic N) is 2. The Hall–Kier alpha value is -3.55. The predicted molar refractivity (Wildman–Crippen MR) is 116 cm³/mol. The number of anilines is 2. The topological polar surface area (TPSA) is 103 Å². The smallest absolute Gasteiger partial charge is 0.282 e. The summed E-state index contributed by atoms with van der Waals surface area (Å²) in [5.41, 5.74) is 2.86. The third-order valence-electron chi connectivity index (χ3n) is 4.62. The van der Waals surface area contributed by atoms with Gasteiger partial charge in [0.05, 0.1) is 31.0 Å². The number of nitrogens with one attached hydrogen (secondary N) is 3. The third kappa shape index (κ3) is 4.16. The minimum atomic E-state index is -0.325. The standard InChI is InChI=1S/C21H25N5O3/c1-12-18-16(10-17(28-4)19(12)29-5)24-21(25-20(18)27)26(3)11-14-7-6-8-15(9-14)23-13(2)22/h6-10H,11H2,1-5H3,(H2,22,23)(H,24,25,27). The van der Waals surface area contributed by atoms with E-state index in [4.69, 9.17) is 14.9 Å². The molecule has 0 saturated heterocycles. The Balaban J connectivity index is 1.97. The maximum atomic E-state index is 12.7. The summed E-state index contributed by atoms with van der Waals surface area (Å²) < 4.78 is 10.8. The molecular weight excluding hydrogens is 370 g/mol. The lowest BCUT2D eigenvalue weighted by atomic mass is 10.1. The average Bonchev–Trinajstić information content (AvgIpc) is 2.66. The first-order valence-electron chi connectivity index (χ1n) is 9.12. The van der Waals surface area contributed by atoms with Crippen LogP contribution in [0.3, 0.4) is 0 Å². The van der Waals surface area contributed by atoms with Gasteiger partial charge in [-0.25, -0.2) is 0 Å². The van der Waals surface area contributed by atoms with Gasteiger partial charge in [0.2, 0.25) is 5.95 Å². The quantitative estimate of drug-likeness (QED) is 0.437. The van der Waals surface area contributed by atoms with Gasteiger partial charge in [-0.05, 0) is 31.5 Å². The number of benzene rings is 2. The zero-order valence-corrected chi connectivity index (χ0v) is 17.2. The van der Waals surface area contributed by atoms with Crippen LogP contribution in [0.5, 0.6) is 11.5 Å². The second kappa shape index (κ2) is 8.22. The van der Waals surface area contributed by atoms with Crippen molar-refractivity contribution in [2.75, 3.05) is 31.5 Å². The first-order chi connectivity index (χ1) is 13.8. The predicted octanol–water partition coefficient (Wildman–Crippen LogP) is 3.29. The number of aryl methyl sites for hydroxylation is 1. The fourth-order valence-electron chi connectivity index (χ4n) is 3.34. The van der Waals surface area contributed by atoms with Crippen LogP contribution in [0.25, 0.3) is 10.9 Å². The van der Waals surface area contributed by atoms with Gasteiger partial charge < -0.3 is 24.7 Å². The Labute approximate surface area is 169 Å². The molecule has 3 rings (SSSR count). The number of fused-ring (bicyclic) bond motifs is 1. The van der Waals surface area contributed by atoms with E-state index in [1.807, 2.05) is 43.1 Å². The van der Waals surface area contributed by atoms with E-state index >= 15 is 0 Å². The number of rotatable bonds is 6. The monoisotopic (exact) mass is 395 g/mol. The van der Waals surface area contributed by atoms with Crippen molar-refractivity contribution in [3.63, 3.8) is 0 Å². The molecule has 152 valence electrons. The molecule has 0 spiro atoms. The zero-order valence-electron chi connectivity index (χ0n) is 17.2. The summed E-state index contributed by atoms with van der Waals surface area (Å²) in [6, 6.07) is 9.52. The molecule has 0 aliphatic rings. The molecule has 0 atom stereocenters. The molecule has 3 aromatic rings. The van der Waals surface area contributed by atoms with E-state index < -0.39 is 0 Å². The Kier molecular flexibility index (Phi) is 5.72. The van der Waals surface area contributed by atoms with Gasteiger partial charge in [0.25, 0.3) is 5.56 Å². The van der Waals surface area contributed by atoms with Crippen LogP contribution in [0.15, 0.2) is 35.1 Å². The van der Waals surface area contributed by atoms with Crippen LogP contribution in [0.4, 0.5) is 11.6 Å². The van der Waals surface area contributed by atoms with Crippen LogP contribution in [-0.4, -0.2) is 37.1 Å². The van der Waals surface area contributed by atoms with Gasteiger partial charge >= 0.3 is 0 Å². The van der Waals surface area contributed by atoms with Crippen LogP contribution < -0.4 is 25.2 Å². The lowest BCUT2D eigenvalue weighted by Crippen LogP contribution is -2.23. The van der Waals surface area contributed by atoms with Crippen molar-refractivity contribution in [1.29, 1.82) is 5.41 Å². The van der Waals surface area contributed by atoms with Gasteiger partial charge in [-0.1, -0.05) is 12.1 Å². The van der Waals surface area contributed by atoms with E-state index in [0.29, 0.717) is 46.3 Å². The van der Waals surface area contributed by atoms with Gasteiger partial charge in [-0.15, -0.1) is 0 Å². The first kappa shape index (κ1) is 20.2. The van der Waals surface area contributed by atoms with E-state index in [1.165, 1.54) is 0 Å². The minimum Gasteiger partial charge on any atom is -0.493 e. The highest BCUT2D eigenvalue weighted by Crippen LogP contribution is 2.35. The number of aromatic nitrogens is 2. The van der Waals surface area contributed by atoms with E-state index in [2.05, 4.69) is 15.3 Å². The van der Waals surface area contributed by atoms with Crippen molar-refractivity contribution in [1.82, 2.24) is 9.97 Å². The number of amidine groups is 1. The van der Waals surface area contributed by atoms with Crippen molar-refractivity contribution in [2.24, 2.45) is 0 Å². The molecule has 8 heteroatoms. The third-order valence-corrected chi connectivity index (χ3v) is 4.62. The largest absolute Gasteiger partial charge is 0.493 e. The molecule has 0 radical (unpaired) electrons. The summed E-state index contributed by atoms with van der Waals surface area (Å²) in [5, 5.41) is 11.0. The summed E-state index contributed by atoms with van der Waals surface area (Å²) in [5.74, 6) is 1.90. The first-order valence-corrected chi connectivity index (χ1v) is 9.12. The maximum absolute atomic E-state index is 12.7. The molecule has 0 fully saturated rings. The molecule has 0 aliphatic heterocycles. The van der Waals surface area contributed by atoms with Crippen LogP contribution in [0.1, 0.15) is 18.1 Å². The van der Waals surface area contributed by atoms with E-state index in [9.17, 15) is 4.79 Å². The Morgan fingerprint density at radius 3 is 2.69 bits per heavy atom. The molecule has 29 heavy (non-hydrogen) atoms. The van der Waals surface area contributed by atoms with Gasteiger partial charge in [0.1, 0.15) is 0 Å². The lowest BCUT2D eigenvalue weighted by Gasteiger charge is -2.20. The van der Waals surface area contributed by atoms with Gasteiger partial charge in [0, 0.05) is 30.9 Å². The minimum absolute atomic E-state index is 0.325. The van der Waals surface area contributed by atoms with Crippen molar-refractivity contribution < 1.29 is 9.47 Å². The number of hydrogen-bond donors (Lipinski definition) is 3. The summed E-state index contributed by atoms with van der Waals surface area (Å²) in [4.78, 5) is 22.1. The van der Waals surface area contributed by atoms with Crippen molar-refractivity contribution >= 4 is 28.4 Å². The van der Waals surface area contributed by atoms with Crippen LogP contribution >= 0.6 is 0 Å². The van der Waals surface area contributed by atoms with Crippen LogP contribution in [-0.2, 0) is 6.54 Å². The molecule has 0 unspecified atom stereocenters. The molecule has 0 saturated carbocycles. The van der Waals surface area contributed by atoms with Gasteiger partial charge in [-0.2, -0.15) is 4.98 Å². The Morgan fingerprint density at radius 1 is 1.28 bits per heavy atom. The Morgan fingerprint density at radius 2 is 2.03 bits per heavy atom. The summed E-state index contributed by atoms with van der Waals surface area (Å²) in [7, 11) is 4.97. The number of hydrogen-bond acceptors (Lipinski definition) is 6. The highest BCUT2D eigenvalue weighted by atomic mass is 16.5. The average molecular weight is 395 g/mol. The molecule has 8 nitrogen and oxygen atoms in total. The fourth-order valence-corrected chi connectivity index (χ4v) is 3.34. The second-order valence-corrected chi connectivity index (χ2v) is 6.83. The van der Waals surface area contributed by atoms with Crippen LogP contribution in [0, 0.1) is 12.3 Å². The highest BCUT2D eigenvalue weighted by molar-refractivity contribution is 5.91. The SMILES string of the molecule is COc1cc2[nH]c(N(C)Cc3cccc(NC(C)=N)c3)nc(=O)c2c(C)c1OC. The molecule has 0 amide bonds. The molecule has 0 aliphatic carbocycles. The summed E-state index contributed by atoms with van der Waals surface area (Å²) in [6.07, 6.45) is 0. The van der Waals surface area contributed by atoms with Crippen molar-refractivity contribution in [2.45, 2.75) is 20.4 Å². The molecule has 3 N–H and O–H groups in total. The number of aromatic amines is 1. The maximum Gasteiger partial charge on any atom is 0.282 e. The second-order valence-electron chi connectivity index (χ2n) is 6.83. The number of H-pyrrole nitrogens is 1. The van der Waals surface area contributed by atoms with E-state index in [1.54, 1.807) is 27.2 Å². The Bertz CT molecular complexity index is 1120. The molecular formula is C21H25N5O3. The zero-order chi connectivity index (χ0) is 21.1. The van der Waals surface area contributed by atoms with Crippen LogP contribution in [0.2, 0.25) is 0 Å². The number of ether oxygens (including phenoxy) is 2. The molecule has 1 heterocycles. The van der Waals surface area contributed by atoms with Gasteiger partial charge in [-0.3, -0.25) is 10.2 Å². The summed E-state index contributed by atoms with van der Waals surface area (Å²) in [6.45, 7) is 4.04. The molecule has 2 aromatic carbocycles. The van der Waals surface area contributed by atoms with Gasteiger partial charge in [0.15, 0.2) is 11.5 Å². The molecule has 1 aromatic heterocycles. The van der Waals surface area contributed by atoms with Crippen molar-refractivity contribution in [3.8, 4) is 11.5 Å².